The molecule has 3 heterocycles. The van der Waals surface area contributed by atoms with Gasteiger partial charge in [0.1, 0.15) is 21.6 Å². The number of rotatable bonds is 21. The minimum atomic E-state index is -4.59. The summed E-state index contributed by atoms with van der Waals surface area (Å²) in [7, 11) is -4.59. The van der Waals surface area contributed by atoms with Gasteiger partial charge in [0.05, 0.1) is 18.0 Å². The first-order chi connectivity index (χ1) is 23.4. The van der Waals surface area contributed by atoms with E-state index in [-0.39, 0.29) is 10.6 Å². The molecule has 0 spiro atoms. The van der Waals surface area contributed by atoms with Gasteiger partial charge in [-0.25, -0.2) is 0 Å². The molecule has 1 aliphatic rings. The lowest BCUT2D eigenvalue weighted by atomic mass is 10.0. The summed E-state index contributed by atoms with van der Waals surface area (Å²) in [6.45, 7) is 2.62. The normalized spacial score (nSPS) is 14.5. The highest BCUT2D eigenvalue weighted by molar-refractivity contribution is 8.18. The molecule has 0 fully saturated rings. The minimum absolute atomic E-state index is 0.113. The summed E-state index contributed by atoms with van der Waals surface area (Å²) in [6, 6.07) is 14.2. The zero-order valence-electron chi connectivity index (χ0n) is 27.4. The standard InChI is InChI=1S/C33H44N8O4S3/c1-2-3-4-5-6-7-8-9-10-11-12-13-14-18-23-45-28-22-21-26(24-29(28)48(42,43)44)30-31(46-32-35-34-25-40(32)37-30)47-33-36-38-39-41(33)27-19-16-15-17-20-27/h15-17,19-22,24-25,31H,2-14,18,23H2,1H3,(H,42,43,44). The van der Waals surface area contributed by atoms with Gasteiger partial charge in [-0.05, 0) is 47.2 Å². The zero-order valence-corrected chi connectivity index (χ0v) is 29.8. The maximum absolute atomic E-state index is 12.5. The van der Waals surface area contributed by atoms with E-state index in [9.17, 15) is 13.0 Å². The molecule has 1 atom stereocenters. The van der Waals surface area contributed by atoms with E-state index in [1.807, 2.05) is 30.3 Å². The summed E-state index contributed by atoms with van der Waals surface area (Å²) in [5, 5.41) is 26.1. The third-order valence-corrected chi connectivity index (χ3v) is 11.4. The monoisotopic (exact) mass is 712 g/mol. The summed E-state index contributed by atoms with van der Waals surface area (Å²) < 4.78 is 43.8. The maximum Gasteiger partial charge on any atom is 0.298 e. The number of tetrazole rings is 1. The van der Waals surface area contributed by atoms with Crippen LogP contribution in [0, 0.1) is 0 Å². The van der Waals surface area contributed by atoms with Crippen molar-refractivity contribution in [3.05, 3.63) is 60.4 Å². The smallest absolute Gasteiger partial charge is 0.298 e. The van der Waals surface area contributed by atoms with Crippen LogP contribution in [0.5, 0.6) is 5.75 Å². The zero-order chi connectivity index (χ0) is 33.6. The van der Waals surface area contributed by atoms with Crippen molar-refractivity contribution in [1.82, 2.24) is 35.1 Å². The van der Waals surface area contributed by atoms with Gasteiger partial charge in [0.15, 0.2) is 0 Å². The van der Waals surface area contributed by atoms with E-state index in [1.54, 1.807) is 16.8 Å². The minimum Gasteiger partial charge on any atom is -0.492 e. The van der Waals surface area contributed by atoms with Crippen LogP contribution in [-0.2, 0) is 10.1 Å². The molecule has 48 heavy (non-hydrogen) atoms. The Kier molecular flexibility index (Phi) is 13.9. The van der Waals surface area contributed by atoms with Crippen molar-refractivity contribution in [2.75, 3.05) is 6.61 Å². The fourth-order valence-electron chi connectivity index (χ4n) is 5.50. The molecule has 258 valence electrons. The second-order valence-electron chi connectivity index (χ2n) is 11.8. The fraction of sp³-hybridized carbons (Fsp3) is 0.515. The lowest BCUT2D eigenvalue weighted by molar-refractivity contribution is 0.295. The number of unbranched alkanes of at least 4 members (excludes halogenated alkanes) is 13. The molecule has 0 bridgehead atoms. The molecule has 15 heteroatoms. The van der Waals surface area contributed by atoms with Crippen LogP contribution in [0.1, 0.15) is 102 Å². The fourth-order valence-corrected chi connectivity index (χ4v) is 8.45. The number of nitrogens with zero attached hydrogens (tertiary/aromatic N) is 8. The Hall–Kier alpha value is -3.27. The Labute approximate surface area is 291 Å². The summed E-state index contributed by atoms with van der Waals surface area (Å²) in [4.78, 5) is -0.300. The van der Waals surface area contributed by atoms with Crippen molar-refractivity contribution < 1.29 is 17.7 Å². The molecule has 4 aromatic rings. The number of hydrogen-bond donors (Lipinski definition) is 1. The van der Waals surface area contributed by atoms with E-state index >= 15 is 0 Å². The number of ether oxygens (including phenoxy) is 1. The molecular formula is C33H44N8O4S3. The number of hydrogen-bond acceptors (Lipinski definition) is 11. The predicted octanol–water partition coefficient (Wildman–Crippen LogP) is 7.84. The molecule has 0 aliphatic carbocycles. The van der Waals surface area contributed by atoms with Gasteiger partial charge in [0.2, 0.25) is 10.3 Å². The van der Waals surface area contributed by atoms with Crippen LogP contribution in [0.15, 0.2) is 75.2 Å². The van der Waals surface area contributed by atoms with Gasteiger partial charge in [-0.1, -0.05) is 132 Å². The highest BCUT2D eigenvalue weighted by Gasteiger charge is 2.31. The highest BCUT2D eigenvalue weighted by atomic mass is 32.2. The van der Waals surface area contributed by atoms with Crippen molar-refractivity contribution in [3.63, 3.8) is 0 Å². The van der Waals surface area contributed by atoms with Gasteiger partial charge in [0.25, 0.3) is 10.1 Å². The number of aromatic nitrogens is 7. The van der Waals surface area contributed by atoms with Crippen LogP contribution in [0.4, 0.5) is 0 Å². The second-order valence-corrected chi connectivity index (χ2v) is 15.6. The first kappa shape index (κ1) is 36.0. The second kappa shape index (κ2) is 18.5. The van der Waals surface area contributed by atoms with Crippen molar-refractivity contribution in [2.24, 2.45) is 5.10 Å². The van der Waals surface area contributed by atoms with Gasteiger partial charge in [-0.2, -0.15) is 22.9 Å². The van der Waals surface area contributed by atoms with Gasteiger partial charge in [-0.15, -0.1) is 15.3 Å². The topological polar surface area (TPSA) is 150 Å². The largest absolute Gasteiger partial charge is 0.492 e. The van der Waals surface area contributed by atoms with E-state index in [0.29, 0.717) is 28.2 Å². The molecule has 1 aliphatic heterocycles. The van der Waals surface area contributed by atoms with E-state index in [0.717, 1.165) is 24.9 Å². The summed E-state index contributed by atoms with van der Waals surface area (Å²) in [5.74, 6) is 0.113. The van der Waals surface area contributed by atoms with Gasteiger partial charge in [-0.3, -0.25) is 4.55 Å². The first-order valence-electron chi connectivity index (χ1n) is 16.8. The molecule has 0 radical (unpaired) electrons. The van der Waals surface area contributed by atoms with Crippen molar-refractivity contribution in [3.8, 4) is 11.4 Å². The molecule has 0 saturated carbocycles. The molecule has 12 nitrogen and oxygen atoms in total. The van der Waals surface area contributed by atoms with Crippen molar-refractivity contribution in [1.29, 1.82) is 0 Å². The average Bonchev–Trinajstić information content (AvgIpc) is 3.75. The van der Waals surface area contributed by atoms with Crippen LogP contribution >= 0.6 is 23.5 Å². The highest BCUT2D eigenvalue weighted by Crippen LogP contribution is 2.40. The van der Waals surface area contributed by atoms with Gasteiger partial charge >= 0.3 is 0 Å². The lowest BCUT2D eigenvalue weighted by Gasteiger charge is -2.22. The number of fused-ring (bicyclic) bond motifs is 1. The van der Waals surface area contributed by atoms with Crippen LogP contribution < -0.4 is 4.74 Å². The molecule has 2 aromatic heterocycles. The van der Waals surface area contributed by atoms with Crippen LogP contribution in [0.25, 0.3) is 5.69 Å². The molecular weight excluding hydrogens is 669 g/mol. The molecule has 1 unspecified atom stereocenters. The quantitative estimate of drug-likeness (QED) is 0.0665. The van der Waals surface area contributed by atoms with Crippen molar-refractivity contribution >= 4 is 39.4 Å². The molecule has 2 aromatic carbocycles. The third kappa shape index (κ3) is 10.4. The summed E-state index contributed by atoms with van der Waals surface area (Å²) >= 11 is 2.74. The molecule has 0 amide bonds. The Bertz CT molecular complexity index is 1710. The summed E-state index contributed by atoms with van der Waals surface area (Å²) in [6.07, 6.45) is 19.0. The van der Waals surface area contributed by atoms with Gasteiger partial charge < -0.3 is 4.74 Å². The van der Waals surface area contributed by atoms with E-state index in [2.05, 4.69) is 32.6 Å². The molecule has 0 saturated heterocycles. The van der Waals surface area contributed by atoms with Crippen LogP contribution in [0.2, 0.25) is 0 Å². The van der Waals surface area contributed by atoms with E-state index in [1.165, 1.54) is 111 Å². The van der Waals surface area contributed by atoms with Crippen LogP contribution in [0.3, 0.4) is 0 Å². The molecule has 5 rings (SSSR count). The number of para-hydroxylation sites is 1. The number of benzene rings is 2. The number of thioether (sulfide) groups is 2. The lowest BCUT2D eigenvalue weighted by Crippen LogP contribution is -2.22. The van der Waals surface area contributed by atoms with Gasteiger partial charge in [0, 0.05) is 5.56 Å². The van der Waals surface area contributed by atoms with Crippen molar-refractivity contribution in [2.45, 2.75) is 117 Å². The summed E-state index contributed by atoms with van der Waals surface area (Å²) in [5.41, 5.74) is 1.82. The molecule has 1 N–H and O–H groups in total. The Morgan fingerprint density at radius 1 is 0.875 bits per heavy atom. The Morgan fingerprint density at radius 2 is 1.54 bits per heavy atom. The average molecular weight is 713 g/mol. The predicted molar refractivity (Wildman–Crippen MR) is 189 cm³/mol. The van der Waals surface area contributed by atoms with Crippen LogP contribution in [-0.4, -0.2) is 65.0 Å². The third-order valence-electron chi connectivity index (χ3n) is 8.08. The SMILES string of the molecule is CCCCCCCCCCCCCCCCOc1ccc(C2=Nn3cnnc3SC2Sc2nnnn2-c2ccccc2)cc1S(=O)(=O)O. The Morgan fingerprint density at radius 3 is 2.21 bits per heavy atom. The van der Waals surface area contributed by atoms with E-state index in [4.69, 9.17) is 9.84 Å². The Balaban J connectivity index is 1.16. The van der Waals surface area contributed by atoms with E-state index < -0.39 is 14.7 Å². The maximum atomic E-state index is 12.5. The first-order valence-corrected chi connectivity index (χ1v) is 20.0.